The molecule has 1 aromatic carbocycles. The van der Waals surface area contributed by atoms with Crippen LogP contribution in [0.4, 0.5) is 0 Å². The Labute approximate surface area is 85.3 Å². The lowest BCUT2D eigenvalue weighted by Crippen LogP contribution is -2.51. The lowest BCUT2D eigenvalue weighted by Gasteiger charge is -2.38. The molecule has 1 unspecified atom stereocenters. The van der Waals surface area contributed by atoms with E-state index in [1.54, 1.807) is 0 Å². The van der Waals surface area contributed by atoms with Gasteiger partial charge in [0.25, 0.3) is 0 Å². The standard InChI is InChI=1S/C12H17NO/c1-2-12(10-14-9-8-13-12)11-6-4-3-5-7-11/h3-7,13H,2,8-10H2,1H3. The SMILES string of the molecule is CCC1(c2ccccc2)COCCN1. The first kappa shape index (κ1) is 9.69. The lowest BCUT2D eigenvalue weighted by molar-refractivity contribution is 0.0233. The highest BCUT2D eigenvalue weighted by molar-refractivity contribution is 5.25. The van der Waals surface area contributed by atoms with Gasteiger partial charge in [-0.25, -0.2) is 0 Å². The number of hydrogen-bond donors (Lipinski definition) is 1. The van der Waals surface area contributed by atoms with Crippen molar-refractivity contribution >= 4 is 0 Å². The summed E-state index contributed by atoms with van der Waals surface area (Å²) >= 11 is 0. The van der Waals surface area contributed by atoms with Crippen molar-refractivity contribution in [2.24, 2.45) is 0 Å². The smallest absolute Gasteiger partial charge is 0.0690 e. The first-order valence-electron chi connectivity index (χ1n) is 5.26. The van der Waals surface area contributed by atoms with Crippen molar-refractivity contribution in [3.8, 4) is 0 Å². The van der Waals surface area contributed by atoms with Gasteiger partial charge in [-0.05, 0) is 12.0 Å². The summed E-state index contributed by atoms with van der Waals surface area (Å²) in [6.07, 6.45) is 1.07. The first-order chi connectivity index (χ1) is 6.87. The van der Waals surface area contributed by atoms with Gasteiger partial charge in [0.15, 0.2) is 0 Å². The average molecular weight is 191 g/mol. The van der Waals surface area contributed by atoms with Crippen molar-refractivity contribution in [2.45, 2.75) is 18.9 Å². The lowest BCUT2D eigenvalue weighted by atomic mass is 9.87. The fraction of sp³-hybridized carbons (Fsp3) is 0.500. The predicted molar refractivity (Wildman–Crippen MR) is 57.2 cm³/mol. The molecule has 0 spiro atoms. The Bertz CT molecular complexity index is 278. The quantitative estimate of drug-likeness (QED) is 0.771. The van der Waals surface area contributed by atoms with Crippen LogP contribution in [0.5, 0.6) is 0 Å². The number of ether oxygens (including phenoxy) is 1. The molecule has 1 N–H and O–H groups in total. The summed E-state index contributed by atoms with van der Waals surface area (Å²) in [5.74, 6) is 0. The third-order valence-corrected chi connectivity index (χ3v) is 2.99. The first-order valence-corrected chi connectivity index (χ1v) is 5.26. The van der Waals surface area contributed by atoms with Crippen LogP contribution < -0.4 is 5.32 Å². The van der Waals surface area contributed by atoms with Gasteiger partial charge in [-0.15, -0.1) is 0 Å². The zero-order chi connectivity index (χ0) is 9.86. The number of rotatable bonds is 2. The minimum atomic E-state index is 0.0412. The molecular weight excluding hydrogens is 174 g/mol. The molecule has 14 heavy (non-hydrogen) atoms. The maximum absolute atomic E-state index is 5.57. The molecule has 1 fully saturated rings. The minimum Gasteiger partial charge on any atom is -0.378 e. The maximum atomic E-state index is 5.57. The second-order valence-corrected chi connectivity index (χ2v) is 3.78. The van der Waals surface area contributed by atoms with E-state index in [1.165, 1.54) is 5.56 Å². The molecule has 1 heterocycles. The molecule has 76 valence electrons. The van der Waals surface area contributed by atoms with E-state index >= 15 is 0 Å². The van der Waals surface area contributed by atoms with Gasteiger partial charge in [0, 0.05) is 6.54 Å². The molecule has 1 aliphatic rings. The van der Waals surface area contributed by atoms with Crippen LogP contribution in [0.1, 0.15) is 18.9 Å². The summed E-state index contributed by atoms with van der Waals surface area (Å²) in [4.78, 5) is 0. The van der Waals surface area contributed by atoms with E-state index < -0.39 is 0 Å². The van der Waals surface area contributed by atoms with Crippen LogP contribution in [0.2, 0.25) is 0 Å². The van der Waals surface area contributed by atoms with E-state index in [2.05, 4.69) is 42.6 Å². The highest BCUT2D eigenvalue weighted by Gasteiger charge is 2.32. The summed E-state index contributed by atoms with van der Waals surface area (Å²) in [6.45, 7) is 4.76. The van der Waals surface area contributed by atoms with Gasteiger partial charge in [0.2, 0.25) is 0 Å². The van der Waals surface area contributed by atoms with E-state index in [9.17, 15) is 0 Å². The molecule has 0 saturated carbocycles. The van der Waals surface area contributed by atoms with Crippen molar-refractivity contribution in [1.29, 1.82) is 0 Å². The van der Waals surface area contributed by atoms with E-state index in [4.69, 9.17) is 4.74 Å². The Morgan fingerprint density at radius 2 is 2.14 bits per heavy atom. The normalized spacial score (nSPS) is 27.5. The highest BCUT2D eigenvalue weighted by atomic mass is 16.5. The van der Waals surface area contributed by atoms with Gasteiger partial charge < -0.3 is 10.1 Å². The molecule has 2 heteroatoms. The van der Waals surface area contributed by atoms with Gasteiger partial charge in [-0.1, -0.05) is 37.3 Å². The van der Waals surface area contributed by atoms with Crippen LogP contribution in [0.25, 0.3) is 0 Å². The summed E-state index contributed by atoms with van der Waals surface area (Å²) in [5, 5.41) is 3.57. The largest absolute Gasteiger partial charge is 0.378 e. The summed E-state index contributed by atoms with van der Waals surface area (Å²) < 4.78 is 5.57. The maximum Gasteiger partial charge on any atom is 0.0690 e. The molecule has 0 amide bonds. The van der Waals surface area contributed by atoms with E-state index in [-0.39, 0.29) is 5.54 Å². The van der Waals surface area contributed by atoms with Gasteiger partial charge >= 0.3 is 0 Å². The van der Waals surface area contributed by atoms with Crippen LogP contribution in [-0.2, 0) is 10.3 Å². The number of benzene rings is 1. The molecule has 1 atom stereocenters. The van der Waals surface area contributed by atoms with Gasteiger partial charge in [0.05, 0.1) is 18.8 Å². The van der Waals surface area contributed by atoms with E-state index in [0.29, 0.717) is 0 Å². The van der Waals surface area contributed by atoms with Crippen molar-refractivity contribution in [3.63, 3.8) is 0 Å². The Balaban J connectivity index is 2.27. The molecule has 1 aromatic rings. The Morgan fingerprint density at radius 3 is 2.71 bits per heavy atom. The second-order valence-electron chi connectivity index (χ2n) is 3.78. The van der Waals surface area contributed by atoms with Crippen LogP contribution >= 0.6 is 0 Å². The van der Waals surface area contributed by atoms with Crippen LogP contribution in [0, 0.1) is 0 Å². The molecule has 0 radical (unpaired) electrons. The van der Waals surface area contributed by atoms with Crippen molar-refractivity contribution in [2.75, 3.05) is 19.8 Å². The third kappa shape index (κ3) is 1.68. The Morgan fingerprint density at radius 1 is 1.36 bits per heavy atom. The molecule has 0 bridgehead atoms. The predicted octanol–water partition coefficient (Wildman–Crippen LogP) is 1.91. The molecule has 2 rings (SSSR count). The van der Waals surface area contributed by atoms with Crippen molar-refractivity contribution < 1.29 is 4.74 Å². The summed E-state index contributed by atoms with van der Waals surface area (Å²) in [7, 11) is 0. The number of nitrogens with one attached hydrogen (secondary N) is 1. The fourth-order valence-corrected chi connectivity index (χ4v) is 2.03. The fourth-order valence-electron chi connectivity index (χ4n) is 2.03. The van der Waals surface area contributed by atoms with Crippen molar-refractivity contribution in [1.82, 2.24) is 5.32 Å². The number of morpholine rings is 1. The molecular formula is C12H17NO. The summed E-state index contributed by atoms with van der Waals surface area (Å²) in [6, 6.07) is 10.6. The minimum absolute atomic E-state index is 0.0412. The van der Waals surface area contributed by atoms with Crippen LogP contribution in [0.15, 0.2) is 30.3 Å². The highest BCUT2D eigenvalue weighted by Crippen LogP contribution is 2.26. The topological polar surface area (TPSA) is 21.3 Å². The monoisotopic (exact) mass is 191 g/mol. The molecule has 0 aliphatic carbocycles. The number of hydrogen-bond acceptors (Lipinski definition) is 2. The molecule has 2 nitrogen and oxygen atoms in total. The molecule has 1 aliphatic heterocycles. The van der Waals surface area contributed by atoms with Gasteiger partial charge in [0.1, 0.15) is 0 Å². The summed E-state index contributed by atoms with van der Waals surface area (Å²) in [5.41, 5.74) is 1.38. The molecule has 1 saturated heterocycles. The zero-order valence-electron chi connectivity index (χ0n) is 8.62. The average Bonchev–Trinajstić information content (AvgIpc) is 2.31. The van der Waals surface area contributed by atoms with E-state index in [1.807, 2.05) is 0 Å². The van der Waals surface area contributed by atoms with E-state index in [0.717, 1.165) is 26.2 Å². The molecule has 0 aromatic heterocycles. The van der Waals surface area contributed by atoms with Crippen molar-refractivity contribution in [3.05, 3.63) is 35.9 Å². The van der Waals surface area contributed by atoms with Gasteiger partial charge in [-0.2, -0.15) is 0 Å². The van der Waals surface area contributed by atoms with Gasteiger partial charge in [-0.3, -0.25) is 0 Å². The Kier molecular flexibility index (Phi) is 2.85. The zero-order valence-corrected chi connectivity index (χ0v) is 8.62. The van der Waals surface area contributed by atoms with Crippen LogP contribution in [0.3, 0.4) is 0 Å². The second kappa shape index (κ2) is 4.11. The Hall–Kier alpha value is -0.860. The van der Waals surface area contributed by atoms with Crippen LogP contribution in [-0.4, -0.2) is 19.8 Å². The third-order valence-electron chi connectivity index (χ3n) is 2.99.